The van der Waals surface area contributed by atoms with Gasteiger partial charge >= 0.3 is 31.0 Å². The van der Waals surface area contributed by atoms with E-state index in [1.807, 2.05) is 0 Å². The molecular weight excluding hydrogens is 575 g/mol. The molecule has 0 saturated heterocycles. The molecule has 0 atom stereocenters. The number of rotatable bonds is 9. The fourth-order valence-electron chi connectivity index (χ4n) is 4.16. The van der Waals surface area contributed by atoms with E-state index in [0.29, 0.717) is 47.5 Å². The van der Waals surface area contributed by atoms with Gasteiger partial charge in [-0.3, -0.25) is 0 Å². The summed E-state index contributed by atoms with van der Waals surface area (Å²) in [6.07, 6.45) is -2.81. The number of carboxylic acids is 1. The van der Waals surface area contributed by atoms with Crippen molar-refractivity contribution in [2.45, 2.75) is 40.6 Å². The summed E-state index contributed by atoms with van der Waals surface area (Å²) in [6, 6.07) is 13.0. The summed E-state index contributed by atoms with van der Waals surface area (Å²) in [6.45, 7) is -0.564. The molecule has 13 heteroatoms. The fraction of sp³-hybridized carbons (Fsp3) is 0.269. The Hall–Kier alpha value is -2.35. The van der Waals surface area contributed by atoms with Crippen LogP contribution in [0.4, 0.5) is 13.2 Å². The number of alkyl halides is 5. The summed E-state index contributed by atoms with van der Waals surface area (Å²) in [4.78, 5) is 10.8. The molecule has 204 valence electrons. The maximum atomic E-state index is 13.6. The van der Waals surface area contributed by atoms with E-state index in [0.717, 1.165) is 12.1 Å². The molecule has 4 rings (SSSR count). The van der Waals surface area contributed by atoms with Crippen molar-refractivity contribution >= 4 is 57.9 Å². The minimum atomic E-state index is -4.43. The summed E-state index contributed by atoms with van der Waals surface area (Å²) < 4.78 is 73.9. The van der Waals surface area contributed by atoms with Crippen LogP contribution in [-0.4, -0.2) is 45.0 Å². The van der Waals surface area contributed by atoms with E-state index in [-0.39, 0.29) is 35.9 Å². The van der Waals surface area contributed by atoms with Gasteiger partial charge < -0.3 is 14.6 Å². The van der Waals surface area contributed by atoms with E-state index in [4.69, 9.17) is 37.8 Å². The number of carbonyl (C=O) groups is 1. The number of hydrogen-bond acceptors (Lipinski definition) is 5. The predicted octanol–water partition coefficient (Wildman–Crippen LogP) is 5.65. The van der Waals surface area contributed by atoms with Crippen molar-refractivity contribution in [3.63, 3.8) is 0 Å². The van der Waals surface area contributed by atoms with E-state index in [9.17, 15) is 26.4 Å². The number of carboxylic acid groups (broad SMARTS) is 1. The zero-order valence-electron chi connectivity index (χ0n) is 19.6. The number of ether oxygens (including phenoxy) is 2. The molecule has 0 amide bonds. The third kappa shape index (κ3) is 6.69. The molecule has 0 fully saturated rings. The Morgan fingerprint density at radius 3 is 2.05 bits per heavy atom. The number of benzene rings is 3. The van der Waals surface area contributed by atoms with Gasteiger partial charge in [0.15, 0.2) is 6.61 Å². The Balaban J connectivity index is 0.00000420. The summed E-state index contributed by atoms with van der Waals surface area (Å²) in [5, 5.41) is 8.89. The van der Waals surface area contributed by atoms with Crippen LogP contribution >= 0.6 is 23.2 Å². The van der Waals surface area contributed by atoms with Gasteiger partial charge in [-0.25, -0.2) is 13.2 Å². The van der Waals surface area contributed by atoms with Crippen LogP contribution in [0.25, 0.3) is 0 Å². The standard InChI is InChI=1S/C26H21Cl2F3O6S.Li.H/c27-25(28,38(34,35)23-13-12-22(37-15-24(32)33)20-2-1-3-21(20)23)17-8-10-19(11-9-17)36-14-16-4-6-18(7-5-16)26(29,30)31;;/h4-13H,1-3,14-15H2,(H,32,33);;. The topological polar surface area (TPSA) is 89.9 Å². The summed E-state index contributed by atoms with van der Waals surface area (Å²) in [5.41, 5.74) is 0.929. The Labute approximate surface area is 245 Å². The Morgan fingerprint density at radius 1 is 0.872 bits per heavy atom. The predicted molar refractivity (Wildman–Crippen MR) is 142 cm³/mol. The molecule has 6 nitrogen and oxygen atoms in total. The molecule has 3 aromatic rings. The van der Waals surface area contributed by atoms with Gasteiger partial charge in [0.05, 0.1) is 10.5 Å². The van der Waals surface area contributed by atoms with Gasteiger partial charge in [-0.05, 0) is 72.4 Å². The van der Waals surface area contributed by atoms with Crippen LogP contribution < -0.4 is 9.47 Å². The van der Waals surface area contributed by atoms with Crippen LogP contribution in [0.2, 0.25) is 0 Å². The quantitative estimate of drug-likeness (QED) is 0.254. The summed E-state index contributed by atoms with van der Waals surface area (Å²) in [7, 11) is -4.32. The zero-order valence-corrected chi connectivity index (χ0v) is 21.9. The molecule has 0 unspecified atom stereocenters. The molecule has 0 saturated carbocycles. The molecule has 0 aliphatic heterocycles. The first-order valence-corrected chi connectivity index (χ1v) is 13.6. The Morgan fingerprint density at radius 2 is 1.46 bits per heavy atom. The molecule has 0 heterocycles. The second-order valence-corrected chi connectivity index (χ2v) is 12.4. The monoisotopic (exact) mass is 596 g/mol. The van der Waals surface area contributed by atoms with Crippen molar-refractivity contribution in [2.75, 3.05) is 6.61 Å². The van der Waals surface area contributed by atoms with Gasteiger partial charge in [-0.2, -0.15) is 13.2 Å². The van der Waals surface area contributed by atoms with Crippen LogP contribution in [0, 0.1) is 0 Å². The molecule has 1 aliphatic rings. The van der Waals surface area contributed by atoms with Crippen molar-refractivity contribution in [1.82, 2.24) is 0 Å². The van der Waals surface area contributed by atoms with E-state index in [1.165, 1.54) is 48.5 Å². The van der Waals surface area contributed by atoms with Crippen LogP contribution in [0.5, 0.6) is 11.5 Å². The van der Waals surface area contributed by atoms with Crippen LogP contribution in [-0.2, 0) is 43.9 Å². The molecule has 1 N–H and O–H groups in total. The van der Waals surface area contributed by atoms with Gasteiger partial charge in [0.25, 0.3) is 0 Å². The third-order valence-corrected chi connectivity index (χ3v) is 9.58. The van der Waals surface area contributed by atoms with Crippen molar-refractivity contribution in [3.05, 3.63) is 88.5 Å². The molecular formula is C26H22Cl2F3LiO6S. The molecule has 0 radical (unpaired) electrons. The Bertz CT molecular complexity index is 1440. The maximum absolute atomic E-state index is 13.6. The number of fused-ring (bicyclic) bond motifs is 1. The van der Waals surface area contributed by atoms with Gasteiger partial charge in [0.2, 0.25) is 13.5 Å². The number of hydrogen-bond donors (Lipinski definition) is 1. The average Bonchev–Trinajstić information content (AvgIpc) is 3.36. The van der Waals surface area contributed by atoms with E-state index in [1.54, 1.807) is 0 Å². The second kappa shape index (κ2) is 12.0. The summed E-state index contributed by atoms with van der Waals surface area (Å²) in [5.74, 6) is -0.514. The molecule has 0 spiro atoms. The second-order valence-electron chi connectivity index (χ2n) is 8.58. The normalized spacial score (nSPS) is 13.4. The van der Waals surface area contributed by atoms with Gasteiger partial charge in [-0.1, -0.05) is 47.5 Å². The number of aliphatic carboxylic acids is 1. The van der Waals surface area contributed by atoms with Gasteiger partial charge in [0, 0.05) is 5.56 Å². The van der Waals surface area contributed by atoms with Gasteiger partial charge in [-0.15, -0.1) is 0 Å². The Kier molecular flexibility index (Phi) is 9.62. The minimum absolute atomic E-state index is 0. The third-order valence-electron chi connectivity index (χ3n) is 6.05. The van der Waals surface area contributed by atoms with E-state index in [2.05, 4.69) is 0 Å². The van der Waals surface area contributed by atoms with Crippen molar-refractivity contribution in [3.8, 4) is 11.5 Å². The first-order valence-electron chi connectivity index (χ1n) is 11.3. The molecule has 0 aromatic heterocycles. The molecule has 1 aliphatic carbocycles. The SMILES string of the molecule is O=C(O)COc1ccc(S(=O)(=O)C(Cl)(Cl)c2ccc(OCc3ccc(C(F)(F)F)cc3)cc2)c2c1CCC2.[LiH]. The molecule has 39 heavy (non-hydrogen) atoms. The van der Waals surface area contributed by atoms with Crippen LogP contribution in [0.15, 0.2) is 65.6 Å². The fourth-order valence-corrected chi connectivity index (χ4v) is 6.43. The molecule has 0 bridgehead atoms. The van der Waals surface area contributed by atoms with Crippen molar-refractivity contribution < 1.29 is 41.0 Å². The van der Waals surface area contributed by atoms with Crippen LogP contribution in [0.3, 0.4) is 0 Å². The van der Waals surface area contributed by atoms with Crippen molar-refractivity contribution in [1.29, 1.82) is 0 Å². The number of halogens is 5. The zero-order chi connectivity index (χ0) is 27.7. The summed E-state index contributed by atoms with van der Waals surface area (Å²) >= 11 is 12.9. The van der Waals surface area contributed by atoms with E-state index < -0.39 is 37.8 Å². The average molecular weight is 597 g/mol. The molecule has 3 aromatic carbocycles. The van der Waals surface area contributed by atoms with Crippen molar-refractivity contribution in [2.24, 2.45) is 0 Å². The van der Waals surface area contributed by atoms with Crippen LogP contribution in [0.1, 0.15) is 34.2 Å². The first kappa shape index (κ1) is 31.2. The van der Waals surface area contributed by atoms with Gasteiger partial charge in [0.1, 0.15) is 18.1 Å². The first-order chi connectivity index (χ1) is 17.8. The van der Waals surface area contributed by atoms with E-state index >= 15 is 0 Å². The number of sulfone groups is 1.